The van der Waals surface area contributed by atoms with Gasteiger partial charge in [0.25, 0.3) is 5.91 Å². The van der Waals surface area contributed by atoms with Crippen LogP contribution in [0, 0.1) is 0 Å². The van der Waals surface area contributed by atoms with Crippen LogP contribution in [0.25, 0.3) is 0 Å². The van der Waals surface area contributed by atoms with Gasteiger partial charge in [0, 0.05) is 13.1 Å². The molecule has 1 rings (SSSR count). The van der Waals surface area contributed by atoms with Crippen molar-refractivity contribution in [2.45, 2.75) is 19.9 Å². The number of hydrogen-bond donors (Lipinski definition) is 1. The lowest BCUT2D eigenvalue weighted by atomic mass is 10.2. The highest BCUT2D eigenvalue weighted by atomic mass is 35.5. The number of carbonyl (C=O) groups excluding carboxylic acids is 2. The molecule has 0 aliphatic rings. The van der Waals surface area contributed by atoms with Crippen molar-refractivity contribution >= 4 is 35.0 Å². The second-order valence-electron chi connectivity index (χ2n) is 4.25. The van der Waals surface area contributed by atoms with Gasteiger partial charge < -0.3 is 10.2 Å². The lowest BCUT2D eigenvalue weighted by molar-refractivity contribution is -0.122. The molecule has 0 atom stereocenters. The number of hydrogen-bond acceptors (Lipinski definition) is 4. The van der Waals surface area contributed by atoms with E-state index in [-0.39, 0.29) is 34.4 Å². The quantitative estimate of drug-likeness (QED) is 0.912. The van der Waals surface area contributed by atoms with Crippen molar-refractivity contribution in [2.24, 2.45) is 0 Å². The number of amides is 2. The van der Waals surface area contributed by atoms with E-state index in [1.54, 1.807) is 0 Å². The molecule has 0 aliphatic heterocycles. The van der Waals surface area contributed by atoms with E-state index in [1.165, 1.54) is 18.0 Å². The summed E-state index contributed by atoms with van der Waals surface area (Å²) in [5.74, 6) is -0.698. The molecule has 8 heteroatoms. The van der Waals surface area contributed by atoms with Gasteiger partial charge in [0.15, 0.2) is 10.3 Å². The predicted octanol–water partition coefficient (Wildman–Crippen LogP) is 1.38. The highest BCUT2D eigenvalue weighted by molar-refractivity contribution is 6.34. The summed E-state index contributed by atoms with van der Waals surface area (Å²) in [5.41, 5.74) is 0.113. The van der Waals surface area contributed by atoms with Crippen LogP contribution in [0.3, 0.4) is 0 Å². The molecule has 0 fully saturated rings. The Hall–Kier alpha value is -1.40. The number of likely N-dealkylation sites (N-methyl/N-ethyl adjacent to an activating group) is 1. The average molecular weight is 305 g/mol. The summed E-state index contributed by atoms with van der Waals surface area (Å²) in [4.78, 5) is 24.9. The van der Waals surface area contributed by atoms with Crippen molar-refractivity contribution in [3.8, 4) is 0 Å². The van der Waals surface area contributed by atoms with E-state index in [0.29, 0.717) is 0 Å². The Morgan fingerprint density at radius 3 is 2.58 bits per heavy atom. The topological polar surface area (TPSA) is 75.2 Å². The molecule has 19 heavy (non-hydrogen) atoms. The van der Waals surface area contributed by atoms with E-state index < -0.39 is 5.91 Å². The van der Waals surface area contributed by atoms with Crippen LogP contribution in [0.1, 0.15) is 24.2 Å². The Labute approximate surface area is 121 Å². The Morgan fingerprint density at radius 2 is 2.00 bits per heavy atom. The first-order chi connectivity index (χ1) is 8.81. The number of nitrogens with one attached hydrogen (secondary N) is 1. The maximum absolute atomic E-state index is 12.1. The highest BCUT2D eigenvalue weighted by Gasteiger charge is 2.19. The number of rotatable bonds is 4. The average Bonchev–Trinajstić information content (AvgIpc) is 2.30. The largest absolute Gasteiger partial charge is 0.352 e. The molecule has 1 N–H and O–H groups in total. The fourth-order valence-electron chi connectivity index (χ4n) is 1.36. The molecule has 0 aromatic carbocycles. The van der Waals surface area contributed by atoms with Crippen molar-refractivity contribution < 1.29 is 9.59 Å². The fraction of sp³-hybridized carbons (Fsp3) is 0.455. The van der Waals surface area contributed by atoms with Gasteiger partial charge in [-0.05, 0) is 19.9 Å². The molecule has 0 radical (unpaired) electrons. The number of nitrogens with zero attached hydrogens (tertiary/aromatic N) is 3. The molecule has 0 unspecified atom stereocenters. The van der Waals surface area contributed by atoms with E-state index in [9.17, 15) is 9.59 Å². The minimum absolute atomic E-state index is 0.0108. The van der Waals surface area contributed by atoms with Gasteiger partial charge in [0.05, 0.1) is 12.1 Å². The van der Waals surface area contributed by atoms with Crippen molar-refractivity contribution in [2.75, 3.05) is 13.6 Å². The normalized spacial score (nSPS) is 10.4. The summed E-state index contributed by atoms with van der Waals surface area (Å²) >= 11 is 11.4. The lowest BCUT2D eigenvalue weighted by Crippen LogP contribution is -2.41. The molecule has 2 amide bonds. The minimum Gasteiger partial charge on any atom is -0.352 e. The monoisotopic (exact) mass is 304 g/mol. The molecular formula is C11H14Cl2N4O2. The summed E-state index contributed by atoms with van der Waals surface area (Å²) in [6.07, 6.45) is 0. The summed E-state index contributed by atoms with van der Waals surface area (Å²) in [6.45, 7) is 3.60. The zero-order valence-electron chi connectivity index (χ0n) is 10.8. The fourth-order valence-corrected chi connectivity index (χ4v) is 1.68. The summed E-state index contributed by atoms with van der Waals surface area (Å²) < 4.78 is 0. The predicted molar refractivity (Wildman–Crippen MR) is 72.3 cm³/mol. The van der Waals surface area contributed by atoms with Crippen LogP contribution in [-0.2, 0) is 4.79 Å². The first kappa shape index (κ1) is 15.7. The molecule has 6 nitrogen and oxygen atoms in total. The second-order valence-corrected chi connectivity index (χ2v) is 5.00. The Bertz CT molecular complexity index is 494. The third-order valence-electron chi connectivity index (χ3n) is 2.13. The SMILES string of the molecule is CC(C)NC(=O)CN(C)C(=O)c1cc(Cl)nnc1Cl. The van der Waals surface area contributed by atoms with Crippen LogP contribution in [0.15, 0.2) is 6.07 Å². The molecule has 104 valence electrons. The third-order valence-corrected chi connectivity index (χ3v) is 2.59. The number of aromatic nitrogens is 2. The molecule has 1 heterocycles. The van der Waals surface area contributed by atoms with Gasteiger partial charge in [-0.15, -0.1) is 10.2 Å². The smallest absolute Gasteiger partial charge is 0.257 e. The molecule has 1 aromatic rings. The van der Waals surface area contributed by atoms with Gasteiger partial charge in [-0.1, -0.05) is 23.2 Å². The van der Waals surface area contributed by atoms with Gasteiger partial charge in [-0.2, -0.15) is 0 Å². The van der Waals surface area contributed by atoms with E-state index in [1.807, 2.05) is 13.8 Å². The van der Waals surface area contributed by atoms with Gasteiger partial charge in [-0.25, -0.2) is 0 Å². The molecule has 0 saturated heterocycles. The van der Waals surface area contributed by atoms with E-state index in [4.69, 9.17) is 23.2 Å². The van der Waals surface area contributed by atoms with E-state index in [2.05, 4.69) is 15.5 Å². The van der Waals surface area contributed by atoms with Crippen molar-refractivity contribution in [1.29, 1.82) is 0 Å². The molecule has 0 spiro atoms. The van der Waals surface area contributed by atoms with Crippen molar-refractivity contribution in [3.05, 3.63) is 21.9 Å². The summed E-state index contributed by atoms with van der Waals surface area (Å²) in [5, 5.41) is 9.76. The standard InChI is InChI=1S/C11H14Cl2N4O2/c1-6(2)14-9(18)5-17(3)11(19)7-4-8(12)15-16-10(7)13/h4,6H,5H2,1-3H3,(H,14,18). The van der Waals surface area contributed by atoms with Crippen LogP contribution >= 0.6 is 23.2 Å². The third kappa shape index (κ3) is 4.65. The molecule has 0 bridgehead atoms. The zero-order valence-corrected chi connectivity index (χ0v) is 12.3. The van der Waals surface area contributed by atoms with Crippen LogP contribution in [-0.4, -0.2) is 46.5 Å². The first-order valence-corrected chi connectivity index (χ1v) is 6.30. The lowest BCUT2D eigenvalue weighted by Gasteiger charge is -2.18. The van der Waals surface area contributed by atoms with Crippen molar-refractivity contribution in [1.82, 2.24) is 20.4 Å². The number of carbonyl (C=O) groups is 2. The van der Waals surface area contributed by atoms with Gasteiger partial charge >= 0.3 is 0 Å². The minimum atomic E-state index is -0.444. The molecule has 1 aromatic heterocycles. The van der Waals surface area contributed by atoms with Crippen LogP contribution in [0.2, 0.25) is 10.3 Å². The van der Waals surface area contributed by atoms with Crippen molar-refractivity contribution in [3.63, 3.8) is 0 Å². The Kier molecular flexibility index (Phi) is 5.50. The van der Waals surface area contributed by atoms with Gasteiger partial charge in [0.2, 0.25) is 5.91 Å². The summed E-state index contributed by atoms with van der Waals surface area (Å²) in [7, 11) is 1.49. The molecule has 0 aliphatic carbocycles. The van der Waals surface area contributed by atoms with Gasteiger partial charge in [0.1, 0.15) is 0 Å². The summed E-state index contributed by atoms with van der Waals surface area (Å²) in [6, 6.07) is 1.33. The first-order valence-electron chi connectivity index (χ1n) is 5.54. The van der Waals surface area contributed by atoms with E-state index >= 15 is 0 Å². The van der Waals surface area contributed by atoms with E-state index in [0.717, 1.165) is 0 Å². The second kappa shape index (κ2) is 6.68. The Morgan fingerprint density at radius 1 is 1.37 bits per heavy atom. The maximum atomic E-state index is 12.1. The van der Waals surface area contributed by atoms with Crippen LogP contribution in [0.4, 0.5) is 0 Å². The molecule has 0 saturated carbocycles. The van der Waals surface area contributed by atoms with Gasteiger partial charge in [-0.3, -0.25) is 9.59 Å². The van der Waals surface area contributed by atoms with Crippen LogP contribution in [0.5, 0.6) is 0 Å². The Balaban J connectivity index is 2.77. The number of halogens is 2. The zero-order chi connectivity index (χ0) is 14.6. The maximum Gasteiger partial charge on any atom is 0.257 e. The van der Waals surface area contributed by atoms with Crippen LogP contribution < -0.4 is 5.32 Å². The molecular weight excluding hydrogens is 291 g/mol. The highest BCUT2D eigenvalue weighted by Crippen LogP contribution is 2.16.